The van der Waals surface area contributed by atoms with Gasteiger partial charge in [0.15, 0.2) is 11.5 Å². The summed E-state index contributed by atoms with van der Waals surface area (Å²) in [5, 5.41) is 5.73. The van der Waals surface area contributed by atoms with Gasteiger partial charge in [0.1, 0.15) is 5.52 Å². The Hall–Kier alpha value is -1.81. The number of hydrogen-bond donors (Lipinski definition) is 1. The largest absolute Gasteiger partial charge is 0.441 e. The second kappa shape index (κ2) is 5.29. The van der Waals surface area contributed by atoms with E-state index in [0.29, 0.717) is 17.9 Å². The van der Waals surface area contributed by atoms with E-state index in [-0.39, 0.29) is 0 Å². The van der Waals surface area contributed by atoms with Crippen molar-refractivity contribution >= 4 is 28.1 Å². The van der Waals surface area contributed by atoms with Gasteiger partial charge in [0.05, 0.1) is 6.04 Å². The Morgan fingerprint density at radius 1 is 1.25 bits per heavy atom. The van der Waals surface area contributed by atoms with E-state index in [9.17, 15) is 0 Å². The Bertz CT molecular complexity index is 700. The summed E-state index contributed by atoms with van der Waals surface area (Å²) in [6.45, 7) is 6.34. The molecule has 1 atom stereocenters. The maximum atomic E-state index is 5.51. The Balaban J connectivity index is 1.90. The van der Waals surface area contributed by atoms with Crippen molar-refractivity contribution in [3.63, 3.8) is 0 Å². The van der Waals surface area contributed by atoms with Gasteiger partial charge in [-0.1, -0.05) is 19.9 Å². The van der Waals surface area contributed by atoms with E-state index in [4.69, 9.17) is 4.42 Å². The average Bonchev–Trinajstić information content (AvgIpc) is 3.02. The van der Waals surface area contributed by atoms with Crippen LogP contribution in [0.15, 0.2) is 40.1 Å². The topological polar surface area (TPSA) is 38.1 Å². The van der Waals surface area contributed by atoms with Crippen LogP contribution in [-0.4, -0.2) is 4.98 Å². The Morgan fingerprint density at radius 3 is 2.80 bits per heavy atom. The maximum Gasteiger partial charge on any atom is 0.192 e. The fraction of sp³-hybridized carbons (Fsp3) is 0.312. The number of thiophene rings is 1. The number of oxazole rings is 1. The molecule has 0 fully saturated rings. The predicted molar refractivity (Wildman–Crippen MR) is 84.3 cm³/mol. The molecule has 0 aliphatic carbocycles. The van der Waals surface area contributed by atoms with Crippen LogP contribution in [-0.2, 0) is 0 Å². The molecule has 0 bridgehead atoms. The molecule has 1 N–H and O–H groups in total. The van der Waals surface area contributed by atoms with Crippen LogP contribution in [0.4, 0.5) is 5.69 Å². The molecule has 3 aromatic rings. The lowest BCUT2D eigenvalue weighted by Gasteiger charge is -2.22. The summed E-state index contributed by atoms with van der Waals surface area (Å²) in [6.07, 6.45) is 0. The second-order valence-corrected chi connectivity index (χ2v) is 6.28. The molecule has 0 amide bonds. The molecular formula is C16H18N2OS. The Labute approximate surface area is 122 Å². The van der Waals surface area contributed by atoms with Crippen LogP contribution >= 0.6 is 11.3 Å². The lowest BCUT2D eigenvalue weighted by molar-refractivity contribution is 0.553. The number of nitrogens with one attached hydrogen (secondary N) is 1. The monoisotopic (exact) mass is 286 g/mol. The van der Waals surface area contributed by atoms with Crippen molar-refractivity contribution in [1.29, 1.82) is 0 Å². The first-order valence-electron chi connectivity index (χ1n) is 6.80. The summed E-state index contributed by atoms with van der Waals surface area (Å²) in [5.74, 6) is 1.22. The number of rotatable bonds is 4. The minimum Gasteiger partial charge on any atom is -0.441 e. The summed E-state index contributed by atoms with van der Waals surface area (Å²) in [5.41, 5.74) is 2.82. The van der Waals surface area contributed by atoms with Gasteiger partial charge in [-0.05, 0) is 35.6 Å². The van der Waals surface area contributed by atoms with Crippen molar-refractivity contribution in [2.24, 2.45) is 5.92 Å². The minimum atomic E-state index is 0.320. The molecule has 20 heavy (non-hydrogen) atoms. The highest BCUT2D eigenvalue weighted by Gasteiger charge is 2.17. The van der Waals surface area contributed by atoms with Crippen LogP contribution in [0.5, 0.6) is 0 Å². The molecule has 2 aromatic heterocycles. The van der Waals surface area contributed by atoms with Gasteiger partial charge in [0, 0.05) is 17.5 Å². The Kier molecular flexibility index (Phi) is 3.49. The predicted octanol–water partition coefficient (Wildman–Crippen LogP) is 5.01. The van der Waals surface area contributed by atoms with Crippen LogP contribution in [0.25, 0.3) is 11.1 Å². The molecule has 0 spiro atoms. The van der Waals surface area contributed by atoms with Crippen LogP contribution < -0.4 is 5.32 Å². The number of nitrogens with zero attached hydrogens (tertiary/aromatic N) is 1. The van der Waals surface area contributed by atoms with Gasteiger partial charge in [0.25, 0.3) is 0 Å². The van der Waals surface area contributed by atoms with Crippen LogP contribution in [0.2, 0.25) is 0 Å². The smallest absolute Gasteiger partial charge is 0.192 e. The van der Waals surface area contributed by atoms with Gasteiger partial charge >= 0.3 is 0 Å². The fourth-order valence-corrected chi connectivity index (χ4v) is 3.30. The quantitative estimate of drug-likeness (QED) is 0.733. The highest BCUT2D eigenvalue weighted by molar-refractivity contribution is 7.10. The molecule has 1 aromatic carbocycles. The molecular weight excluding hydrogens is 268 g/mol. The third-order valence-corrected chi connectivity index (χ3v) is 4.29. The normalized spacial score (nSPS) is 13.0. The fourth-order valence-electron chi connectivity index (χ4n) is 2.35. The van der Waals surface area contributed by atoms with E-state index in [0.717, 1.165) is 16.8 Å². The van der Waals surface area contributed by atoms with E-state index < -0.39 is 0 Å². The third kappa shape index (κ3) is 2.56. The lowest BCUT2D eigenvalue weighted by atomic mass is 10.0. The van der Waals surface area contributed by atoms with Crippen LogP contribution in [0.1, 0.15) is 30.7 Å². The first-order chi connectivity index (χ1) is 9.63. The van der Waals surface area contributed by atoms with Gasteiger partial charge in [-0.25, -0.2) is 4.98 Å². The lowest BCUT2D eigenvalue weighted by Crippen LogP contribution is -2.15. The molecule has 4 heteroatoms. The second-order valence-electron chi connectivity index (χ2n) is 5.30. The molecule has 3 rings (SSSR count). The van der Waals surface area contributed by atoms with Gasteiger partial charge in [0.2, 0.25) is 0 Å². The van der Waals surface area contributed by atoms with Gasteiger partial charge in [-0.15, -0.1) is 11.3 Å². The summed E-state index contributed by atoms with van der Waals surface area (Å²) in [6, 6.07) is 10.7. The third-order valence-electron chi connectivity index (χ3n) is 3.33. The van der Waals surface area contributed by atoms with Gasteiger partial charge in [-0.3, -0.25) is 0 Å². The minimum absolute atomic E-state index is 0.320. The van der Waals surface area contributed by atoms with Gasteiger partial charge in [-0.2, -0.15) is 0 Å². The molecule has 1 unspecified atom stereocenters. The van der Waals surface area contributed by atoms with Crippen LogP contribution in [0.3, 0.4) is 0 Å². The van der Waals surface area contributed by atoms with E-state index in [1.54, 1.807) is 11.3 Å². The number of anilines is 1. The number of aryl methyl sites for hydroxylation is 1. The van der Waals surface area contributed by atoms with E-state index in [2.05, 4.69) is 53.8 Å². The Morgan fingerprint density at radius 2 is 2.10 bits per heavy atom. The van der Waals surface area contributed by atoms with Crippen molar-refractivity contribution in [2.45, 2.75) is 26.8 Å². The molecule has 0 aliphatic heterocycles. The first-order valence-corrected chi connectivity index (χ1v) is 7.68. The van der Waals surface area contributed by atoms with Crippen molar-refractivity contribution in [3.05, 3.63) is 46.5 Å². The van der Waals surface area contributed by atoms with Gasteiger partial charge < -0.3 is 9.73 Å². The molecule has 0 aliphatic rings. The van der Waals surface area contributed by atoms with E-state index >= 15 is 0 Å². The molecule has 0 saturated heterocycles. The number of aromatic nitrogens is 1. The zero-order valence-corrected chi connectivity index (χ0v) is 12.7. The number of fused-ring (bicyclic) bond motifs is 1. The summed E-state index contributed by atoms with van der Waals surface area (Å²) < 4.78 is 5.51. The molecule has 104 valence electrons. The molecule has 0 radical (unpaired) electrons. The van der Waals surface area contributed by atoms with E-state index in [1.165, 1.54) is 4.88 Å². The van der Waals surface area contributed by atoms with Crippen molar-refractivity contribution in [2.75, 3.05) is 5.32 Å². The summed E-state index contributed by atoms with van der Waals surface area (Å²) in [7, 11) is 0. The molecule has 0 saturated carbocycles. The molecule has 3 nitrogen and oxygen atoms in total. The zero-order chi connectivity index (χ0) is 14.1. The standard InChI is InChI=1S/C16H18N2OS/c1-10(2)16(15-5-4-8-20-15)18-12-6-7-14-13(9-12)17-11(3)19-14/h4-10,16,18H,1-3H3. The highest BCUT2D eigenvalue weighted by Crippen LogP contribution is 2.30. The first kappa shape index (κ1) is 13.2. The van der Waals surface area contributed by atoms with Crippen molar-refractivity contribution in [1.82, 2.24) is 4.98 Å². The number of benzene rings is 1. The summed E-state index contributed by atoms with van der Waals surface area (Å²) in [4.78, 5) is 5.74. The van der Waals surface area contributed by atoms with Crippen molar-refractivity contribution < 1.29 is 4.42 Å². The maximum absolute atomic E-state index is 5.51. The average molecular weight is 286 g/mol. The zero-order valence-electron chi connectivity index (χ0n) is 11.9. The highest BCUT2D eigenvalue weighted by atomic mass is 32.1. The van der Waals surface area contributed by atoms with E-state index in [1.807, 2.05) is 13.0 Å². The molecule has 2 heterocycles. The number of hydrogen-bond acceptors (Lipinski definition) is 4. The SMILES string of the molecule is Cc1nc2cc(NC(c3cccs3)C(C)C)ccc2o1. The summed E-state index contributed by atoms with van der Waals surface area (Å²) >= 11 is 1.79. The van der Waals surface area contributed by atoms with Crippen molar-refractivity contribution in [3.8, 4) is 0 Å². The van der Waals surface area contributed by atoms with Crippen LogP contribution in [0, 0.1) is 12.8 Å².